The molecule has 0 aliphatic carbocycles. The molecule has 0 saturated carbocycles. The van der Waals surface area contributed by atoms with Gasteiger partial charge >= 0.3 is 11.8 Å². The molecule has 0 spiro atoms. The molecule has 0 heterocycles. The van der Waals surface area contributed by atoms with Gasteiger partial charge in [-0.2, -0.15) is 5.10 Å². The first kappa shape index (κ1) is 18.5. The SMILES string of the molecule is CCCOc1ccc(/C=N\NC(=O)C(=O)Nc2cccc(Cl)c2)cc1. The molecule has 2 rings (SSSR count). The predicted molar refractivity (Wildman–Crippen MR) is 98.0 cm³/mol. The van der Waals surface area contributed by atoms with Crippen molar-refractivity contribution in [1.82, 2.24) is 5.43 Å². The Hall–Kier alpha value is -2.86. The molecule has 0 atom stereocenters. The molecule has 0 radical (unpaired) electrons. The van der Waals surface area contributed by atoms with Gasteiger partial charge in [0.25, 0.3) is 0 Å². The van der Waals surface area contributed by atoms with Gasteiger partial charge in [0.05, 0.1) is 12.8 Å². The van der Waals surface area contributed by atoms with E-state index in [1.165, 1.54) is 12.3 Å². The lowest BCUT2D eigenvalue weighted by atomic mass is 10.2. The minimum absolute atomic E-state index is 0.430. The Morgan fingerprint density at radius 2 is 1.92 bits per heavy atom. The number of ether oxygens (including phenoxy) is 1. The van der Waals surface area contributed by atoms with Gasteiger partial charge in [0.2, 0.25) is 0 Å². The number of carbonyl (C=O) groups excluding carboxylic acids is 2. The number of rotatable bonds is 6. The summed E-state index contributed by atoms with van der Waals surface area (Å²) in [7, 11) is 0. The maximum atomic E-state index is 11.8. The van der Waals surface area contributed by atoms with E-state index in [4.69, 9.17) is 16.3 Å². The van der Waals surface area contributed by atoms with Crippen LogP contribution in [0.2, 0.25) is 5.02 Å². The lowest BCUT2D eigenvalue weighted by Gasteiger charge is -2.04. The van der Waals surface area contributed by atoms with Gasteiger partial charge in [-0.15, -0.1) is 0 Å². The van der Waals surface area contributed by atoms with Crippen LogP contribution >= 0.6 is 11.6 Å². The molecule has 0 aromatic heterocycles. The molecule has 0 fully saturated rings. The van der Waals surface area contributed by atoms with E-state index in [0.717, 1.165) is 17.7 Å². The molecule has 2 amide bonds. The lowest BCUT2D eigenvalue weighted by Crippen LogP contribution is -2.32. The fourth-order valence-electron chi connectivity index (χ4n) is 1.84. The van der Waals surface area contributed by atoms with E-state index in [0.29, 0.717) is 17.3 Å². The summed E-state index contributed by atoms with van der Waals surface area (Å²) < 4.78 is 5.47. The van der Waals surface area contributed by atoms with E-state index in [2.05, 4.69) is 15.8 Å². The van der Waals surface area contributed by atoms with E-state index in [1.807, 2.05) is 19.1 Å². The number of carbonyl (C=O) groups is 2. The zero-order valence-corrected chi connectivity index (χ0v) is 14.4. The largest absolute Gasteiger partial charge is 0.494 e. The van der Waals surface area contributed by atoms with Crippen LogP contribution < -0.4 is 15.5 Å². The second-order valence-electron chi connectivity index (χ2n) is 5.08. The standard InChI is InChI=1S/C18H18ClN3O3/c1-2-10-25-16-8-6-13(7-9-16)12-20-22-18(24)17(23)21-15-5-3-4-14(19)11-15/h3-9,11-12H,2,10H2,1H3,(H,21,23)(H,22,24)/b20-12-. The molecular weight excluding hydrogens is 342 g/mol. The number of halogens is 1. The Labute approximate surface area is 150 Å². The maximum Gasteiger partial charge on any atom is 0.329 e. The van der Waals surface area contributed by atoms with Gasteiger partial charge in [0.15, 0.2) is 0 Å². The molecule has 2 aromatic rings. The van der Waals surface area contributed by atoms with Gasteiger partial charge in [-0.1, -0.05) is 24.6 Å². The van der Waals surface area contributed by atoms with Crippen molar-refractivity contribution in [1.29, 1.82) is 0 Å². The van der Waals surface area contributed by atoms with Crippen LogP contribution in [-0.2, 0) is 9.59 Å². The van der Waals surface area contributed by atoms with Crippen LogP contribution in [0.5, 0.6) is 5.75 Å². The highest BCUT2D eigenvalue weighted by Gasteiger charge is 2.12. The van der Waals surface area contributed by atoms with Gasteiger partial charge in [-0.3, -0.25) is 9.59 Å². The topological polar surface area (TPSA) is 79.8 Å². The molecule has 7 heteroatoms. The molecule has 2 aromatic carbocycles. The van der Waals surface area contributed by atoms with Crippen molar-refractivity contribution in [3.05, 3.63) is 59.1 Å². The Morgan fingerprint density at radius 1 is 1.16 bits per heavy atom. The lowest BCUT2D eigenvalue weighted by molar-refractivity contribution is -0.136. The Kier molecular flexibility index (Phi) is 6.98. The zero-order chi connectivity index (χ0) is 18.1. The summed E-state index contributed by atoms with van der Waals surface area (Å²) in [5.74, 6) is -0.939. The number of anilines is 1. The average Bonchev–Trinajstić information content (AvgIpc) is 2.61. The van der Waals surface area contributed by atoms with Crippen molar-refractivity contribution in [2.24, 2.45) is 5.10 Å². The number of hydrogen-bond donors (Lipinski definition) is 2. The predicted octanol–water partition coefficient (Wildman–Crippen LogP) is 3.22. The molecule has 0 aliphatic rings. The monoisotopic (exact) mass is 359 g/mol. The fraction of sp³-hybridized carbons (Fsp3) is 0.167. The third-order valence-electron chi connectivity index (χ3n) is 3.02. The fourth-order valence-corrected chi connectivity index (χ4v) is 2.03. The minimum Gasteiger partial charge on any atom is -0.494 e. The van der Waals surface area contributed by atoms with Crippen LogP contribution in [-0.4, -0.2) is 24.6 Å². The van der Waals surface area contributed by atoms with E-state index < -0.39 is 11.8 Å². The molecule has 0 saturated heterocycles. The van der Waals surface area contributed by atoms with E-state index in [9.17, 15) is 9.59 Å². The summed E-state index contributed by atoms with van der Waals surface area (Å²) >= 11 is 5.81. The van der Waals surface area contributed by atoms with Gasteiger partial charge in [0.1, 0.15) is 5.75 Å². The van der Waals surface area contributed by atoms with E-state index in [1.54, 1.807) is 30.3 Å². The molecular formula is C18H18ClN3O3. The van der Waals surface area contributed by atoms with Gasteiger partial charge < -0.3 is 10.1 Å². The number of hydrazone groups is 1. The number of hydrogen-bond acceptors (Lipinski definition) is 4. The summed E-state index contributed by atoms with van der Waals surface area (Å²) in [5.41, 5.74) is 3.36. The van der Waals surface area contributed by atoms with Crippen molar-refractivity contribution in [3.8, 4) is 5.75 Å². The molecule has 0 unspecified atom stereocenters. The third kappa shape index (κ3) is 6.27. The second kappa shape index (κ2) is 9.44. The van der Waals surface area contributed by atoms with Crippen LogP contribution in [0.1, 0.15) is 18.9 Å². The highest BCUT2D eigenvalue weighted by Crippen LogP contribution is 2.14. The van der Waals surface area contributed by atoms with Crippen molar-refractivity contribution < 1.29 is 14.3 Å². The number of amides is 2. The first-order chi connectivity index (χ1) is 12.1. The van der Waals surface area contributed by atoms with Gasteiger partial charge in [-0.25, -0.2) is 5.43 Å². The smallest absolute Gasteiger partial charge is 0.329 e. The highest BCUT2D eigenvalue weighted by atomic mass is 35.5. The van der Waals surface area contributed by atoms with Crippen LogP contribution in [0.4, 0.5) is 5.69 Å². The summed E-state index contributed by atoms with van der Waals surface area (Å²) in [6.45, 7) is 2.69. The van der Waals surface area contributed by atoms with Crippen LogP contribution in [0, 0.1) is 0 Å². The van der Waals surface area contributed by atoms with Crippen molar-refractivity contribution in [2.45, 2.75) is 13.3 Å². The number of nitrogens with one attached hydrogen (secondary N) is 2. The van der Waals surface area contributed by atoms with Crippen LogP contribution in [0.3, 0.4) is 0 Å². The average molecular weight is 360 g/mol. The summed E-state index contributed by atoms with van der Waals surface area (Å²) in [6.07, 6.45) is 2.38. The quantitative estimate of drug-likeness (QED) is 0.472. The Morgan fingerprint density at radius 3 is 2.60 bits per heavy atom. The molecule has 2 N–H and O–H groups in total. The Balaban J connectivity index is 1.84. The first-order valence-electron chi connectivity index (χ1n) is 7.71. The van der Waals surface area contributed by atoms with Gasteiger partial charge in [0, 0.05) is 10.7 Å². The number of nitrogens with zero attached hydrogens (tertiary/aromatic N) is 1. The van der Waals surface area contributed by atoms with Gasteiger partial charge in [-0.05, 0) is 54.4 Å². The van der Waals surface area contributed by atoms with Crippen molar-refractivity contribution in [2.75, 3.05) is 11.9 Å². The third-order valence-corrected chi connectivity index (χ3v) is 3.26. The molecule has 0 bridgehead atoms. The molecule has 25 heavy (non-hydrogen) atoms. The van der Waals surface area contributed by atoms with Crippen molar-refractivity contribution >= 4 is 35.3 Å². The van der Waals surface area contributed by atoms with Crippen LogP contribution in [0.25, 0.3) is 0 Å². The number of benzene rings is 2. The van der Waals surface area contributed by atoms with E-state index in [-0.39, 0.29) is 0 Å². The zero-order valence-electron chi connectivity index (χ0n) is 13.7. The maximum absolute atomic E-state index is 11.8. The minimum atomic E-state index is -0.876. The molecule has 130 valence electrons. The summed E-state index contributed by atoms with van der Waals surface area (Å²) in [6, 6.07) is 13.7. The van der Waals surface area contributed by atoms with Crippen molar-refractivity contribution in [3.63, 3.8) is 0 Å². The van der Waals surface area contributed by atoms with Crippen LogP contribution in [0.15, 0.2) is 53.6 Å². The van der Waals surface area contributed by atoms with E-state index >= 15 is 0 Å². The normalized spacial score (nSPS) is 10.5. The second-order valence-corrected chi connectivity index (χ2v) is 5.52. The summed E-state index contributed by atoms with van der Waals surface area (Å²) in [4.78, 5) is 23.5. The molecule has 6 nitrogen and oxygen atoms in total. The summed E-state index contributed by atoms with van der Waals surface area (Å²) in [5, 5.41) is 6.65. The first-order valence-corrected chi connectivity index (χ1v) is 8.09. The molecule has 0 aliphatic heterocycles. The Bertz CT molecular complexity index is 760. The highest BCUT2D eigenvalue weighted by molar-refractivity contribution is 6.39.